The van der Waals surface area contributed by atoms with Gasteiger partial charge >= 0.3 is 0 Å². The van der Waals surface area contributed by atoms with Crippen molar-refractivity contribution in [3.8, 4) is 11.5 Å². The van der Waals surface area contributed by atoms with Crippen LogP contribution >= 0.6 is 11.3 Å². The van der Waals surface area contributed by atoms with Gasteiger partial charge in [-0.15, -0.1) is 11.3 Å². The number of hydrogen-bond donors (Lipinski definition) is 1. The van der Waals surface area contributed by atoms with Crippen LogP contribution in [0.2, 0.25) is 0 Å². The lowest BCUT2D eigenvalue weighted by molar-refractivity contribution is -0.127. The van der Waals surface area contributed by atoms with Gasteiger partial charge in [-0.05, 0) is 48.9 Å². The molecule has 1 fully saturated rings. The molecule has 1 aromatic heterocycles. The van der Waals surface area contributed by atoms with E-state index in [0.29, 0.717) is 22.7 Å². The van der Waals surface area contributed by atoms with Gasteiger partial charge < -0.3 is 14.8 Å². The first-order chi connectivity index (χ1) is 17.5. The fourth-order valence-corrected chi connectivity index (χ4v) is 5.65. The molecule has 190 valence electrons. The maximum Gasteiger partial charge on any atom is 0.248 e. The van der Waals surface area contributed by atoms with Crippen LogP contribution in [-0.2, 0) is 16.0 Å². The Morgan fingerprint density at radius 1 is 1.00 bits per heavy atom. The van der Waals surface area contributed by atoms with Crippen LogP contribution in [0.25, 0.3) is 0 Å². The molecule has 36 heavy (non-hydrogen) atoms. The predicted molar refractivity (Wildman–Crippen MR) is 144 cm³/mol. The van der Waals surface area contributed by atoms with Crippen molar-refractivity contribution in [2.75, 3.05) is 19.1 Å². The predicted octanol–water partition coefficient (Wildman–Crippen LogP) is 5.84. The standard InChI is InChI=1S/C29H34N2O4S/c1-20-11-7-8-16-24(20)31(26(32)19-22-14-10-18-36-22)27(29(33)30-21-12-5-4-6-13-21)23-15-9-17-25(34-2)28(23)35-3/h7-11,14-18,21,27H,4-6,12-13,19H2,1-3H3,(H,30,33)/t27-/m0/s1. The second kappa shape index (κ2) is 12.1. The van der Waals surface area contributed by atoms with Gasteiger partial charge in [0.25, 0.3) is 0 Å². The van der Waals surface area contributed by atoms with Crippen molar-refractivity contribution in [3.63, 3.8) is 0 Å². The quantitative estimate of drug-likeness (QED) is 0.396. The van der Waals surface area contributed by atoms with Crippen molar-refractivity contribution < 1.29 is 19.1 Å². The molecule has 2 amide bonds. The Kier molecular flexibility index (Phi) is 8.65. The molecule has 1 atom stereocenters. The summed E-state index contributed by atoms with van der Waals surface area (Å²) >= 11 is 1.53. The largest absolute Gasteiger partial charge is 0.493 e. The van der Waals surface area contributed by atoms with Gasteiger partial charge in [-0.25, -0.2) is 0 Å². The Bertz CT molecular complexity index is 1170. The minimum absolute atomic E-state index is 0.0940. The summed E-state index contributed by atoms with van der Waals surface area (Å²) in [7, 11) is 3.13. The molecule has 1 N–H and O–H groups in total. The number of carbonyl (C=O) groups is 2. The number of anilines is 1. The number of rotatable bonds is 9. The molecular weight excluding hydrogens is 472 g/mol. The van der Waals surface area contributed by atoms with Crippen molar-refractivity contribution >= 4 is 28.8 Å². The van der Waals surface area contributed by atoms with E-state index < -0.39 is 6.04 Å². The Morgan fingerprint density at radius 3 is 2.44 bits per heavy atom. The number of hydrogen-bond acceptors (Lipinski definition) is 5. The van der Waals surface area contributed by atoms with Gasteiger partial charge in [0.1, 0.15) is 6.04 Å². The van der Waals surface area contributed by atoms with Crippen LogP contribution in [0.3, 0.4) is 0 Å². The van der Waals surface area contributed by atoms with Crippen molar-refractivity contribution in [2.45, 2.75) is 57.5 Å². The molecule has 7 heteroatoms. The molecule has 4 rings (SSSR count). The molecule has 6 nitrogen and oxygen atoms in total. The van der Waals surface area contributed by atoms with Crippen LogP contribution in [-0.4, -0.2) is 32.1 Å². The highest BCUT2D eigenvalue weighted by Gasteiger charge is 2.37. The maximum atomic E-state index is 14.1. The van der Waals surface area contributed by atoms with Gasteiger partial charge in [0, 0.05) is 22.2 Å². The van der Waals surface area contributed by atoms with E-state index in [-0.39, 0.29) is 24.3 Å². The Morgan fingerprint density at radius 2 is 1.78 bits per heavy atom. The zero-order chi connectivity index (χ0) is 25.5. The summed E-state index contributed by atoms with van der Waals surface area (Å²) < 4.78 is 11.3. The fraction of sp³-hybridized carbons (Fsp3) is 0.379. The Labute approximate surface area is 217 Å². The van der Waals surface area contributed by atoms with E-state index >= 15 is 0 Å². The van der Waals surface area contributed by atoms with E-state index in [1.165, 1.54) is 17.8 Å². The van der Waals surface area contributed by atoms with E-state index in [2.05, 4.69) is 5.32 Å². The van der Waals surface area contributed by atoms with Crippen LogP contribution in [0.5, 0.6) is 11.5 Å². The van der Waals surface area contributed by atoms with Crippen LogP contribution in [0.1, 0.15) is 54.1 Å². The normalized spacial score (nSPS) is 14.6. The molecule has 0 unspecified atom stereocenters. The van der Waals surface area contributed by atoms with Crippen molar-refractivity contribution in [1.82, 2.24) is 5.32 Å². The SMILES string of the molecule is COc1cccc([C@@H](C(=O)NC2CCCCC2)N(C(=O)Cc2cccs2)c2ccccc2C)c1OC. The lowest BCUT2D eigenvalue weighted by Crippen LogP contribution is -2.48. The molecule has 0 bridgehead atoms. The number of methoxy groups -OCH3 is 2. The van der Waals surface area contributed by atoms with E-state index in [1.807, 2.05) is 60.8 Å². The van der Waals surface area contributed by atoms with Gasteiger partial charge in [0.15, 0.2) is 11.5 Å². The molecule has 2 aromatic carbocycles. The fourth-order valence-electron chi connectivity index (χ4n) is 4.95. The second-order valence-corrected chi connectivity index (χ2v) is 10.2. The molecule has 1 saturated carbocycles. The summed E-state index contributed by atoms with van der Waals surface area (Å²) in [6, 6.07) is 16.2. The van der Waals surface area contributed by atoms with Gasteiger partial charge in [-0.2, -0.15) is 0 Å². The lowest BCUT2D eigenvalue weighted by Gasteiger charge is -2.35. The number of amides is 2. The summed E-state index contributed by atoms with van der Waals surface area (Å²) in [6.45, 7) is 1.96. The molecule has 0 radical (unpaired) electrons. The summed E-state index contributed by atoms with van der Waals surface area (Å²) in [5.41, 5.74) is 2.20. The highest BCUT2D eigenvalue weighted by Crippen LogP contribution is 2.40. The van der Waals surface area contributed by atoms with Gasteiger partial charge in [0.05, 0.1) is 20.6 Å². The minimum atomic E-state index is -0.925. The van der Waals surface area contributed by atoms with E-state index in [9.17, 15) is 9.59 Å². The minimum Gasteiger partial charge on any atom is -0.493 e. The summed E-state index contributed by atoms with van der Waals surface area (Å²) in [5.74, 6) is 0.601. The first-order valence-corrected chi connectivity index (χ1v) is 13.3. The van der Waals surface area contributed by atoms with Gasteiger partial charge in [-0.1, -0.05) is 55.7 Å². The van der Waals surface area contributed by atoms with Crippen LogP contribution in [0.4, 0.5) is 5.69 Å². The lowest BCUT2D eigenvalue weighted by atomic mass is 9.94. The molecule has 0 aliphatic heterocycles. The number of benzene rings is 2. The third kappa shape index (κ3) is 5.73. The molecule has 1 aliphatic rings. The molecule has 1 heterocycles. The average molecular weight is 507 g/mol. The number of nitrogens with zero attached hydrogens (tertiary/aromatic N) is 1. The van der Waals surface area contributed by atoms with Crippen LogP contribution < -0.4 is 19.7 Å². The second-order valence-electron chi connectivity index (χ2n) is 9.14. The molecule has 1 aliphatic carbocycles. The number of nitrogens with one attached hydrogen (secondary N) is 1. The first kappa shape index (κ1) is 25.8. The van der Waals surface area contributed by atoms with Crippen LogP contribution in [0, 0.1) is 6.92 Å². The summed E-state index contributed by atoms with van der Waals surface area (Å²) in [4.78, 5) is 30.7. The molecule has 0 saturated heterocycles. The van der Waals surface area contributed by atoms with Crippen molar-refractivity contribution in [3.05, 3.63) is 76.0 Å². The van der Waals surface area contributed by atoms with Crippen molar-refractivity contribution in [2.24, 2.45) is 0 Å². The smallest absolute Gasteiger partial charge is 0.248 e. The zero-order valence-corrected chi connectivity index (χ0v) is 22.0. The molecular formula is C29H34N2O4S. The number of carbonyl (C=O) groups excluding carboxylic acids is 2. The Hall–Kier alpha value is -3.32. The highest BCUT2D eigenvalue weighted by molar-refractivity contribution is 7.10. The van der Waals surface area contributed by atoms with Crippen LogP contribution in [0.15, 0.2) is 60.0 Å². The average Bonchev–Trinajstić information content (AvgIpc) is 3.40. The first-order valence-electron chi connectivity index (χ1n) is 12.4. The number of thiophene rings is 1. The van der Waals surface area contributed by atoms with E-state index in [4.69, 9.17) is 9.47 Å². The monoisotopic (exact) mass is 506 g/mol. The molecule has 0 spiro atoms. The van der Waals surface area contributed by atoms with Gasteiger partial charge in [-0.3, -0.25) is 14.5 Å². The summed E-state index contributed by atoms with van der Waals surface area (Å²) in [6.07, 6.45) is 5.47. The topological polar surface area (TPSA) is 67.9 Å². The van der Waals surface area contributed by atoms with E-state index in [0.717, 1.165) is 36.1 Å². The third-order valence-electron chi connectivity index (χ3n) is 6.74. The maximum absolute atomic E-state index is 14.1. The zero-order valence-electron chi connectivity index (χ0n) is 21.2. The highest BCUT2D eigenvalue weighted by atomic mass is 32.1. The number of ether oxygens (including phenoxy) is 2. The Balaban J connectivity index is 1.85. The number of aryl methyl sites for hydroxylation is 1. The summed E-state index contributed by atoms with van der Waals surface area (Å²) in [5, 5.41) is 5.22. The molecule has 3 aromatic rings. The number of para-hydroxylation sites is 2. The van der Waals surface area contributed by atoms with Crippen molar-refractivity contribution in [1.29, 1.82) is 0 Å². The van der Waals surface area contributed by atoms with Gasteiger partial charge in [0.2, 0.25) is 11.8 Å². The third-order valence-corrected chi connectivity index (χ3v) is 7.61. The van der Waals surface area contributed by atoms with E-state index in [1.54, 1.807) is 25.2 Å².